The number of rotatable bonds is 3. The minimum Gasteiger partial charge on any atom is -0.445 e. The van der Waals surface area contributed by atoms with Crippen molar-refractivity contribution < 1.29 is 9.53 Å². The molecule has 0 aliphatic heterocycles. The molecule has 1 amide bonds. The Hall–Kier alpha value is -1.04. The largest absolute Gasteiger partial charge is 0.445 e. The van der Waals surface area contributed by atoms with E-state index in [1.165, 1.54) is 4.90 Å². The molecular formula is C12H14INO2. The van der Waals surface area contributed by atoms with E-state index in [2.05, 4.69) is 22.6 Å². The number of hydrogen-bond donors (Lipinski definition) is 0. The van der Waals surface area contributed by atoms with Gasteiger partial charge in [0.05, 0.1) is 0 Å². The molecule has 0 radical (unpaired) electrons. The van der Waals surface area contributed by atoms with Crippen molar-refractivity contribution in [2.24, 2.45) is 0 Å². The maximum Gasteiger partial charge on any atom is 0.409 e. The quantitative estimate of drug-likeness (QED) is 0.797. The maximum atomic E-state index is 11.3. The third-order valence-corrected chi connectivity index (χ3v) is 2.74. The zero-order chi connectivity index (χ0) is 12.0. The molecule has 0 unspecified atom stereocenters. The van der Waals surface area contributed by atoms with Gasteiger partial charge in [-0.2, -0.15) is 0 Å². The van der Waals surface area contributed by atoms with Crippen molar-refractivity contribution in [3.8, 4) is 0 Å². The maximum absolute atomic E-state index is 11.3. The first-order valence-electron chi connectivity index (χ1n) is 4.84. The minimum absolute atomic E-state index is 0.296. The lowest BCUT2D eigenvalue weighted by molar-refractivity contribution is 0.131. The highest BCUT2D eigenvalue weighted by Crippen LogP contribution is 2.16. The second kappa shape index (κ2) is 6.52. The van der Waals surface area contributed by atoms with E-state index < -0.39 is 0 Å². The van der Waals surface area contributed by atoms with Crippen molar-refractivity contribution in [3.05, 3.63) is 40.0 Å². The Bertz CT molecular complexity index is 374. The van der Waals surface area contributed by atoms with Crippen LogP contribution >= 0.6 is 22.6 Å². The summed E-state index contributed by atoms with van der Waals surface area (Å²) in [5.41, 5.74) is 2.07. The molecule has 0 bridgehead atoms. The fraction of sp³-hybridized carbons (Fsp3) is 0.250. The molecule has 0 aliphatic rings. The van der Waals surface area contributed by atoms with E-state index in [1.54, 1.807) is 14.1 Å². The van der Waals surface area contributed by atoms with Gasteiger partial charge in [0.15, 0.2) is 0 Å². The molecule has 0 fully saturated rings. The molecule has 0 aromatic heterocycles. The first-order chi connectivity index (χ1) is 7.65. The molecule has 0 saturated carbocycles. The summed E-state index contributed by atoms with van der Waals surface area (Å²) in [6, 6.07) is 9.87. The first kappa shape index (κ1) is 13.0. The van der Waals surface area contributed by atoms with Crippen LogP contribution in [0.4, 0.5) is 4.79 Å². The van der Waals surface area contributed by atoms with Gasteiger partial charge < -0.3 is 9.64 Å². The molecule has 0 saturated heterocycles. The highest BCUT2D eigenvalue weighted by Gasteiger charge is 2.07. The molecule has 0 aliphatic carbocycles. The smallest absolute Gasteiger partial charge is 0.409 e. The van der Waals surface area contributed by atoms with Gasteiger partial charge in [-0.1, -0.05) is 52.9 Å². The second-order valence-corrected chi connectivity index (χ2v) is 4.07. The van der Waals surface area contributed by atoms with E-state index in [9.17, 15) is 4.79 Å². The van der Waals surface area contributed by atoms with Crippen LogP contribution in [0.5, 0.6) is 0 Å². The van der Waals surface area contributed by atoms with Crippen molar-refractivity contribution in [2.75, 3.05) is 20.7 Å². The first-order valence-corrected chi connectivity index (χ1v) is 6.08. The van der Waals surface area contributed by atoms with Gasteiger partial charge in [0.25, 0.3) is 0 Å². The van der Waals surface area contributed by atoms with Crippen molar-refractivity contribution >= 4 is 34.3 Å². The van der Waals surface area contributed by atoms with Gasteiger partial charge in [0, 0.05) is 19.7 Å². The number of nitrogens with zero attached hydrogens (tertiary/aromatic N) is 1. The lowest BCUT2D eigenvalue weighted by atomic mass is 10.1. The Morgan fingerprint density at radius 2 is 2.00 bits per heavy atom. The second-order valence-electron chi connectivity index (χ2n) is 3.45. The number of amides is 1. The average Bonchev–Trinajstić information content (AvgIpc) is 2.30. The number of halogens is 1. The molecule has 4 heteroatoms. The van der Waals surface area contributed by atoms with Crippen LogP contribution in [-0.2, 0) is 4.74 Å². The summed E-state index contributed by atoms with van der Waals surface area (Å²) in [5, 5.41) is 0. The third-order valence-electron chi connectivity index (χ3n) is 1.99. The van der Waals surface area contributed by atoms with E-state index in [-0.39, 0.29) is 6.09 Å². The lowest BCUT2D eigenvalue weighted by Gasteiger charge is -2.12. The van der Waals surface area contributed by atoms with Crippen LogP contribution < -0.4 is 0 Å². The van der Waals surface area contributed by atoms with Crippen LogP contribution in [0.25, 0.3) is 5.57 Å². The standard InChI is InChI=1S/C12H14INO2/c1-14(2)12(15)16-9-11(8-13)10-6-4-3-5-7-10/h3-8H,9H2,1-2H3/b11-8-. The highest BCUT2D eigenvalue weighted by atomic mass is 127. The van der Waals surface area contributed by atoms with Gasteiger partial charge in [-0.05, 0) is 9.65 Å². The molecule has 1 rings (SSSR count). The Morgan fingerprint density at radius 1 is 1.38 bits per heavy atom. The van der Waals surface area contributed by atoms with Gasteiger partial charge in [-0.3, -0.25) is 0 Å². The summed E-state index contributed by atoms with van der Waals surface area (Å²) in [6.45, 7) is 0.296. The summed E-state index contributed by atoms with van der Waals surface area (Å²) in [6.07, 6.45) is -0.327. The topological polar surface area (TPSA) is 29.5 Å². The van der Waals surface area contributed by atoms with E-state index >= 15 is 0 Å². The van der Waals surface area contributed by atoms with Crippen molar-refractivity contribution in [1.29, 1.82) is 0 Å². The summed E-state index contributed by atoms with van der Waals surface area (Å²) >= 11 is 2.15. The van der Waals surface area contributed by atoms with Gasteiger partial charge in [-0.15, -0.1) is 0 Å². The Kier molecular flexibility index (Phi) is 5.31. The molecule has 0 atom stereocenters. The molecule has 1 aromatic carbocycles. The van der Waals surface area contributed by atoms with Crippen LogP contribution in [0.2, 0.25) is 0 Å². The Morgan fingerprint density at radius 3 is 2.50 bits per heavy atom. The summed E-state index contributed by atoms with van der Waals surface area (Å²) in [5.74, 6) is 0. The van der Waals surface area contributed by atoms with Crippen molar-refractivity contribution in [2.45, 2.75) is 0 Å². The normalized spacial score (nSPS) is 11.1. The van der Waals surface area contributed by atoms with Crippen LogP contribution in [0.15, 0.2) is 34.4 Å². The van der Waals surface area contributed by atoms with Gasteiger partial charge in [-0.25, -0.2) is 4.79 Å². The molecule has 0 spiro atoms. The van der Waals surface area contributed by atoms with Crippen LogP contribution in [0.1, 0.15) is 5.56 Å². The fourth-order valence-corrected chi connectivity index (χ4v) is 1.64. The monoisotopic (exact) mass is 331 g/mol. The molecule has 0 heterocycles. The fourth-order valence-electron chi connectivity index (χ4n) is 1.10. The van der Waals surface area contributed by atoms with Crippen molar-refractivity contribution in [1.82, 2.24) is 4.90 Å². The van der Waals surface area contributed by atoms with Gasteiger partial charge in [0.1, 0.15) is 6.61 Å². The number of carbonyl (C=O) groups is 1. The summed E-state index contributed by atoms with van der Waals surface area (Å²) < 4.78 is 7.05. The molecule has 0 N–H and O–H groups in total. The molecule has 86 valence electrons. The summed E-state index contributed by atoms with van der Waals surface area (Å²) in [4.78, 5) is 12.7. The molecule has 16 heavy (non-hydrogen) atoms. The number of hydrogen-bond acceptors (Lipinski definition) is 2. The zero-order valence-corrected chi connectivity index (χ0v) is 11.5. The minimum atomic E-state index is -0.327. The summed E-state index contributed by atoms with van der Waals surface area (Å²) in [7, 11) is 3.33. The average molecular weight is 331 g/mol. The predicted molar refractivity (Wildman–Crippen MR) is 73.5 cm³/mol. The molecular weight excluding hydrogens is 317 g/mol. The van der Waals surface area contributed by atoms with Gasteiger partial charge in [0.2, 0.25) is 0 Å². The number of benzene rings is 1. The van der Waals surface area contributed by atoms with Gasteiger partial charge >= 0.3 is 6.09 Å². The van der Waals surface area contributed by atoms with E-state index in [4.69, 9.17) is 4.74 Å². The highest BCUT2D eigenvalue weighted by molar-refractivity contribution is 14.1. The predicted octanol–water partition coefficient (Wildman–Crippen LogP) is 3.16. The Labute approximate surface area is 109 Å². The SMILES string of the molecule is CN(C)C(=O)OC/C(=C/I)c1ccccc1. The van der Waals surface area contributed by atoms with E-state index in [0.717, 1.165) is 11.1 Å². The zero-order valence-electron chi connectivity index (χ0n) is 9.31. The van der Waals surface area contributed by atoms with E-state index in [0.29, 0.717) is 6.61 Å². The number of carbonyl (C=O) groups excluding carboxylic acids is 1. The number of ether oxygens (including phenoxy) is 1. The Balaban J connectivity index is 2.62. The molecule has 1 aromatic rings. The van der Waals surface area contributed by atoms with Crippen LogP contribution in [0.3, 0.4) is 0 Å². The van der Waals surface area contributed by atoms with Crippen LogP contribution in [-0.4, -0.2) is 31.7 Å². The molecule has 3 nitrogen and oxygen atoms in total. The van der Waals surface area contributed by atoms with Crippen LogP contribution in [0, 0.1) is 0 Å². The lowest BCUT2D eigenvalue weighted by Crippen LogP contribution is -2.23. The van der Waals surface area contributed by atoms with E-state index in [1.807, 2.05) is 34.4 Å². The van der Waals surface area contributed by atoms with Crippen molar-refractivity contribution in [3.63, 3.8) is 0 Å². The third kappa shape index (κ3) is 3.84.